The summed E-state index contributed by atoms with van der Waals surface area (Å²) >= 11 is 0. The van der Waals surface area contributed by atoms with Crippen LogP contribution in [0.25, 0.3) is 0 Å². The molecule has 0 saturated carbocycles. The lowest BCUT2D eigenvalue weighted by atomic mass is 10.2. The zero-order valence-electron chi connectivity index (χ0n) is 11.8. The molecule has 0 unspecified atom stereocenters. The Morgan fingerprint density at radius 3 is 2.55 bits per heavy atom. The number of anilines is 1. The molecule has 0 aliphatic rings. The summed E-state index contributed by atoms with van der Waals surface area (Å²) < 4.78 is 14.2. The van der Waals surface area contributed by atoms with E-state index < -0.39 is 0 Å². The first-order valence-corrected chi connectivity index (χ1v) is 6.90. The number of H-pyrrole nitrogens is 1. The fraction of sp³-hybridized carbons (Fsp3) is 0.125. The van der Waals surface area contributed by atoms with Gasteiger partial charge in [0, 0.05) is 5.69 Å². The molecule has 0 radical (unpaired) electrons. The fourth-order valence-corrected chi connectivity index (χ4v) is 2.10. The monoisotopic (exact) mass is 298 g/mol. The normalized spacial score (nSPS) is 10.6. The topological polar surface area (TPSA) is 62.7 Å². The lowest BCUT2D eigenvalue weighted by molar-refractivity contribution is 0.621. The highest BCUT2D eigenvalue weighted by Crippen LogP contribution is 2.06. The van der Waals surface area contributed by atoms with Gasteiger partial charge in [0.25, 0.3) is 0 Å². The third kappa shape index (κ3) is 3.41. The standard InChI is InChI=1S/C16H15FN4O/c17-13-8-6-12(7-9-13)11-21-16(22)19-15(20-21)10-18-14-4-2-1-3-5-14/h1-9,18H,10-11H2,(H,19,20,22). The molecule has 112 valence electrons. The Hall–Kier alpha value is -2.89. The maximum absolute atomic E-state index is 12.9. The molecule has 0 fully saturated rings. The molecule has 6 heteroatoms. The Kier molecular flexibility index (Phi) is 4.00. The van der Waals surface area contributed by atoms with Crippen LogP contribution in [0, 0.1) is 5.82 Å². The van der Waals surface area contributed by atoms with Crippen LogP contribution in [0.1, 0.15) is 11.4 Å². The highest BCUT2D eigenvalue weighted by Gasteiger charge is 2.06. The Labute approximate surface area is 126 Å². The zero-order chi connectivity index (χ0) is 15.4. The van der Waals surface area contributed by atoms with Crippen molar-refractivity contribution in [3.63, 3.8) is 0 Å². The third-order valence-corrected chi connectivity index (χ3v) is 3.21. The largest absolute Gasteiger partial charge is 0.378 e. The molecule has 22 heavy (non-hydrogen) atoms. The second-order valence-electron chi connectivity index (χ2n) is 4.88. The first-order chi connectivity index (χ1) is 10.7. The summed E-state index contributed by atoms with van der Waals surface area (Å²) in [6, 6.07) is 15.7. The van der Waals surface area contributed by atoms with Crippen molar-refractivity contribution in [2.75, 3.05) is 5.32 Å². The molecule has 2 N–H and O–H groups in total. The van der Waals surface area contributed by atoms with Crippen molar-refractivity contribution >= 4 is 5.69 Å². The summed E-state index contributed by atoms with van der Waals surface area (Å²) in [5.41, 5.74) is 1.49. The van der Waals surface area contributed by atoms with Crippen LogP contribution < -0.4 is 11.0 Å². The first kappa shape index (κ1) is 14.1. The highest BCUT2D eigenvalue weighted by molar-refractivity contribution is 5.42. The van der Waals surface area contributed by atoms with Gasteiger partial charge in [-0.05, 0) is 29.8 Å². The van der Waals surface area contributed by atoms with Crippen molar-refractivity contribution in [3.8, 4) is 0 Å². The van der Waals surface area contributed by atoms with E-state index in [4.69, 9.17) is 0 Å². The molecule has 0 aliphatic heterocycles. The number of aromatic nitrogens is 3. The van der Waals surface area contributed by atoms with E-state index in [0.717, 1.165) is 11.3 Å². The van der Waals surface area contributed by atoms with Crippen LogP contribution in [0.2, 0.25) is 0 Å². The Balaban J connectivity index is 1.68. The summed E-state index contributed by atoms with van der Waals surface area (Å²) in [6.45, 7) is 0.733. The van der Waals surface area contributed by atoms with Gasteiger partial charge in [-0.25, -0.2) is 13.9 Å². The van der Waals surface area contributed by atoms with Gasteiger partial charge in [0.1, 0.15) is 11.6 Å². The molecule has 3 aromatic rings. The number of para-hydroxylation sites is 1. The number of halogens is 1. The van der Waals surface area contributed by atoms with Gasteiger partial charge in [-0.1, -0.05) is 30.3 Å². The lowest BCUT2D eigenvalue weighted by Crippen LogP contribution is -2.18. The van der Waals surface area contributed by atoms with E-state index in [-0.39, 0.29) is 11.5 Å². The van der Waals surface area contributed by atoms with Gasteiger partial charge in [0.15, 0.2) is 0 Å². The summed E-state index contributed by atoms with van der Waals surface area (Å²) in [5.74, 6) is 0.252. The van der Waals surface area contributed by atoms with Crippen LogP contribution in [-0.4, -0.2) is 14.8 Å². The number of nitrogens with one attached hydrogen (secondary N) is 2. The van der Waals surface area contributed by atoms with Crippen molar-refractivity contribution in [1.29, 1.82) is 0 Å². The molecule has 0 atom stereocenters. The van der Waals surface area contributed by atoms with Gasteiger partial charge in [-0.2, -0.15) is 5.10 Å². The highest BCUT2D eigenvalue weighted by atomic mass is 19.1. The van der Waals surface area contributed by atoms with E-state index in [1.54, 1.807) is 12.1 Å². The molecule has 0 aliphatic carbocycles. The minimum Gasteiger partial charge on any atom is -0.378 e. The number of rotatable bonds is 5. The number of aromatic amines is 1. The maximum Gasteiger partial charge on any atom is 0.343 e. The zero-order valence-corrected chi connectivity index (χ0v) is 11.8. The van der Waals surface area contributed by atoms with Crippen molar-refractivity contribution in [2.24, 2.45) is 0 Å². The van der Waals surface area contributed by atoms with Crippen LogP contribution in [0.15, 0.2) is 59.4 Å². The van der Waals surface area contributed by atoms with Gasteiger partial charge in [-0.15, -0.1) is 0 Å². The average Bonchev–Trinajstić information content (AvgIpc) is 2.89. The molecule has 3 rings (SSSR count). The molecular weight excluding hydrogens is 283 g/mol. The van der Waals surface area contributed by atoms with E-state index in [9.17, 15) is 9.18 Å². The number of hydrogen-bond acceptors (Lipinski definition) is 3. The Morgan fingerprint density at radius 1 is 1.09 bits per heavy atom. The molecule has 0 amide bonds. The summed E-state index contributed by atoms with van der Waals surface area (Å²) in [6.07, 6.45) is 0. The van der Waals surface area contributed by atoms with Crippen molar-refractivity contribution in [1.82, 2.24) is 14.8 Å². The van der Waals surface area contributed by atoms with Crippen molar-refractivity contribution in [2.45, 2.75) is 13.1 Å². The van der Waals surface area contributed by atoms with Gasteiger partial charge in [0.2, 0.25) is 0 Å². The molecule has 5 nitrogen and oxygen atoms in total. The van der Waals surface area contributed by atoms with Crippen LogP contribution >= 0.6 is 0 Å². The second kappa shape index (κ2) is 6.26. The lowest BCUT2D eigenvalue weighted by Gasteiger charge is -2.03. The van der Waals surface area contributed by atoms with Gasteiger partial charge in [-0.3, -0.25) is 4.98 Å². The van der Waals surface area contributed by atoms with Crippen LogP contribution in [0.3, 0.4) is 0 Å². The summed E-state index contributed by atoms with van der Waals surface area (Å²) in [5, 5.41) is 7.41. The minimum absolute atomic E-state index is 0.283. The number of hydrogen-bond donors (Lipinski definition) is 2. The van der Waals surface area contributed by atoms with E-state index in [0.29, 0.717) is 18.9 Å². The smallest absolute Gasteiger partial charge is 0.343 e. The minimum atomic E-state index is -0.300. The average molecular weight is 298 g/mol. The summed E-state index contributed by atoms with van der Waals surface area (Å²) in [7, 11) is 0. The molecule has 0 spiro atoms. The van der Waals surface area contributed by atoms with Crippen molar-refractivity contribution < 1.29 is 4.39 Å². The SMILES string of the molecule is O=c1[nH]c(CNc2ccccc2)nn1Cc1ccc(F)cc1. The van der Waals surface area contributed by atoms with Crippen LogP contribution in [0.4, 0.5) is 10.1 Å². The van der Waals surface area contributed by atoms with Gasteiger partial charge in [0.05, 0.1) is 13.1 Å². The van der Waals surface area contributed by atoms with Crippen LogP contribution in [-0.2, 0) is 13.1 Å². The predicted octanol–water partition coefficient (Wildman–Crippen LogP) is 2.37. The van der Waals surface area contributed by atoms with Crippen LogP contribution in [0.5, 0.6) is 0 Å². The molecule has 1 heterocycles. The van der Waals surface area contributed by atoms with Gasteiger partial charge < -0.3 is 5.32 Å². The molecule has 0 bridgehead atoms. The number of nitrogens with zero attached hydrogens (tertiary/aromatic N) is 2. The second-order valence-corrected chi connectivity index (χ2v) is 4.88. The molecular formula is C16H15FN4O. The van der Waals surface area contributed by atoms with E-state index in [1.165, 1.54) is 16.8 Å². The Morgan fingerprint density at radius 2 is 1.82 bits per heavy atom. The quantitative estimate of drug-likeness (QED) is 0.760. The number of benzene rings is 2. The molecule has 1 aromatic heterocycles. The van der Waals surface area contributed by atoms with E-state index in [1.807, 2.05) is 30.3 Å². The maximum atomic E-state index is 12.9. The van der Waals surface area contributed by atoms with E-state index in [2.05, 4.69) is 15.4 Å². The predicted molar refractivity (Wildman–Crippen MR) is 82.1 cm³/mol. The molecule has 0 saturated heterocycles. The fourth-order valence-electron chi connectivity index (χ4n) is 2.10. The van der Waals surface area contributed by atoms with E-state index >= 15 is 0 Å². The van der Waals surface area contributed by atoms with Crippen molar-refractivity contribution in [3.05, 3.63) is 82.3 Å². The first-order valence-electron chi connectivity index (χ1n) is 6.90. The Bertz CT molecular complexity index is 793. The third-order valence-electron chi connectivity index (χ3n) is 3.21. The molecule has 2 aromatic carbocycles. The summed E-state index contributed by atoms with van der Waals surface area (Å²) in [4.78, 5) is 14.6. The van der Waals surface area contributed by atoms with Gasteiger partial charge >= 0.3 is 5.69 Å².